The Bertz CT molecular complexity index is 365. The van der Waals surface area contributed by atoms with E-state index in [2.05, 4.69) is 10.4 Å². The fourth-order valence-corrected chi connectivity index (χ4v) is 1.58. The Labute approximate surface area is 99.7 Å². The van der Waals surface area contributed by atoms with Crippen LogP contribution in [0.3, 0.4) is 0 Å². The normalized spacial score (nSPS) is 12.5. The molecule has 90 valence electrons. The van der Waals surface area contributed by atoms with Gasteiger partial charge in [0.05, 0.1) is 23.9 Å². The van der Waals surface area contributed by atoms with Gasteiger partial charge in [0.15, 0.2) is 0 Å². The van der Waals surface area contributed by atoms with Crippen molar-refractivity contribution in [3.63, 3.8) is 0 Å². The summed E-state index contributed by atoms with van der Waals surface area (Å²) in [5.41, 5.74) is 1.26. The number of methoxy groups -OCH3 is 1. The maximum absolute atomic E-state index is 11.8. The van der Waals surface area contributed by atoms with Crippen LogP contribution >= 0.6 is 11.6 Å². The molecule has 0 bridgehead atoms. The second-order valence-corrected chi connectivity index (χ2v) is 3.89. The highest BCUT2D eigenvalue weighted by atomic mass is 35.5. The number of amides is 1. The number of halogens is 1. The minimum atomic E-state index is -0.182. The molecule has 0 radical (unpaired) electrons. The molecule has 0 spiro atoms. The van der Waals surface area contributed by atoms with Gasteiger partial charge in [-0.25, -0.2) is 0 Å². The van der Waals surface area contributed by atoms with Crippen LogP contribution in [-0.4, -0.2) is 41.3 Å². The molecule has 1 unspecified atom stereocenters. The Morgan fingerprint density at radius 3 is 2.88 bits per heavy atom. The van der Waals surface area contributed by atoms with Crippen molar-refractivity contribution in [1.82, 2.24) is 15.1 Å². The average Bonchev–Trinajstić information content (AvgIpc) is 2.57. The molecule has 16 heavy (non-hydrogen) atoms. The molecule has 1 heterocycles. The van der Waals surface area contributed by atoms with E-state index in [-0.39, 0.29) is 11.9 Å². The molecule has 1 aromatic rings. The number of hydrogen-bond acceptors (Lipinski definition) is 3. The van der Waals surface area contributed by atoms with Gasteiger partial charge in [-0.15, -0.1) is 11.6 Å². The predicted octanol–water partition coefficient (Wildman–Crippen LogP) is 0.712. The number of rotatable bonds is 5. The topological polar surface area (TPSA) is 56.1 Å². The van der Waals surface area contributed by atoms with E-state index in [0.717, 1.165) is 0 Å². The zero-order valence-electron chi connectivity index (χ0n) is 9.66. The van der Waals surface area contributed by atoms with Crippen molar-refractivity contribution in [2.45, 2.75) is 13.0 Å². The first-order chi connectivity index (χ1) is 7.58. The predicted molar refractivity (Wildman–Crippen MR) is 61.8 cm³/mol. The van der Waals surface area contributed by atoms with Crippen LogP contribution in [0.25, 0.3) is 0 Å². The van der Waals surface area contributed by atoms with Crippen LogP contribution < -0.4 is 5.32 Å². The lowest BCUT2D eigenvalue weighted by Gasteiger charge is -2.14. The molecule has 1 aromatic heterocycles. The number of aryl methyl sites for hydroxylation is 2. The number of carbonyl (C=O) groups is 1. The third kappa shape index (κ3) is 3.21. The van der Waals surface area contributed by atoms with E-state index in [1.54, 1.807) is 32.0 Å². The van der Waals surface area contributed by atoms with Crippen LogP contribution in [0.4, 0.5) is 0 Å². The van der Waals surface area contributed by atoms with E-state index in [4.69, 9.17) is 16.3 Å². The largest absolute Gasteiger partial charge is 0.383 e. The molecule has 0 saturated heterocycles. The Balaban J connectivity index is 2.67. The summed E-state index contributed by atoms with van der Waals surface area (Å²) in [7, 11) is 3.35. The van der Waals surface area contributed by atoms with Gasteiger partial charge in [-0.1, -0.05) is 0 Å². The second-order valence-electron chi connectivity index (χ2n) is 3.58. The third-order valence-corrected chi connectivity index (χ3v) is 2.52. The Kier molecular flexibility index (Phi) is 4.76. The molecular weight excluding hydrogens is 230 g/mol. The Morgan fingerprint density at radius 1 is 1.75 bits per heavy atom. The fourth-order valence-electron chi connectivity index (χ4n) is 1.41. The SMILES string of the molecule is COCC(CCl)NC(=O)c1cn(C)nc1C. The molecule has 0 aromatic carbocycles. The molecule has 1 atom stereocenters. The smallest absolute Gasteiger partial charge is 0.255 e. The van der Waals surface area contributed by atoms with Crippen molar-refractivity contribution < 1.29 is 9.53 Å². The fraction of sp³-hybridized carbons (Fsp3) is 0.600. The number of aromatic nitrogens is 2. The number of ether oxygens (including phenoxy) is 1. The monoisotopic (exact) mass is 245 g/mol. The second kappa shape index (κ2) is 5.86. The van der Waals surface area contributed by atoms with E-state index in [9.17, 15) is 4.79 Å². The van der Waals surface area contributed by atoms with Crippen LogP contribution in [-0.2, 0) is 11.8 Å². The van der Waals surface area contributed by atoms with Crippen molar-refractivity contribution in [3.05, 3.63) is 17.5 Å². The molecule has 0 fully saturated rings. The van der Waals surface area contributed by atoms with Crippen LogP contribution in [0.5, 0.6) is 0 Å². The highest BCUT2D eigenvalue weighted by Gasteiger charge is 2.16. The number of nitrogens with one attached hydrogen (secondary N) is 1. The third-order valence-electron chi connectivity index (χ3n) is 2.15. The molecular formula is C10H16ClN3O2. The van der Waals surface area contributed by atoms with Gasteiger partial charge in [-0.2, -0.15) is 5.10 Å². The lowest BCUT2D eigenvalue weighted by Crippen LogP contribution is -2.39. The molecule has 1 amide bonds. The van der Waals surface area contributed by atoms with Gasteiger partial charge in [-0.05, 0) is 6.92 Å². The first-order valence-corrected chi connectivity index (χ1v) is 5.48. The van der Waals surface area contributed by atoms with Crippen molar-refractivity contribution in [2.75, 3.05) is 19.6 Å². The summed E-state index contributed by atoms with van der Waals surface area (Å²) in [4.78, 5) is 11.8. The minimum Gasteiger partial charge on any atom is -0.383 e. The molecule has 1 rings (SSSR count). The maximum Gasteiger partial charge on any atom is 0.255 e. The highest BCUT2D eigenvalue weighted by molar-refractivity contribution is 6.18. The van der Waals surface area contributed by atoms with Crippen LogP contribution in [0, 0.1) is 6.92 Å². The van der Waals surface area contributed by atoms with Crippen LogP contribution in [0.15, 0.2) is 6.20 Å². The van der Waals surface area contributed by atoms with Gasteiger partial charge in [0.1, 0.15) is 0 Å². The first kappa shape index (κ1) is 13.0. The van der Waals surface area contributed by atoms with Gasteiger partial charge in [0.25, 0.3) is 5.91 Å². The van der Waals surface area contributed by atoms with Gasteiger partial charge in [-0.3, -0.25) is 9.48 Å². The minimum absolute atomic E-state index is 0.173. The first-order valence-electron chi connectivity index (χ1n) is 4.94. The summed E-state index contributed by atoms with van der Waals surface area (Å²) < 4.78 is 6.55. The number of hydrogen-bond donors (Lipinski definition) is 1. The average molecular weight is 246 g/mol. The highest BCUT2D eigenvalue weighted by Crippen LogP contribution is 2.05. The summed E-state index contributed by atoms with van der Waals surface area (Å²) in [6.07, 6.45) is 1.68. The van der Waals surface area contributed by atoms with Crippen LogP contribution in [0.2, 0.25) is 0 Å². The van der Waals surface area contributed by atoms with Gasteiger partial charge >= 0.3 is 0 Å². The zero-order valence-corrected chi connectivity index (χ0v) is 10.4. The van der Waals surface area contributed by atoms with E-state index >= 15 is 0 Å². The van der Waals surface area contributed by atoms with Gasteiger partial charge in [0.2, 0.25) is 0 Å². The summed E-state index contributed by atoms with van der Waals surface area (Å²) in [5.74, 6) is 0.145. The van der Waals surface area contributed by atoms with E-state index in [0.29, 0.717) is 23.7 Å². The standard InChI is InChI=1S/C10H16ClN3O2/c1-7-9(5-14(2)13-7)10(15)12-8(4-11)6-16-3/h5,8H,4,6H2,1-3H3,(H,12,15). The van der Waals surface area contributed by atoms with Crippen molar-refractivity contribution in [2.24, 2.45) is 7.05 Å². The number of alkyl halides is 1. The molecule has 5 nitrogen and oxygen atoms in total. The Hall–Kier alpha value is -1.07. The van der Waals surface area contributed by atoms with Crippen LogP contribution in [0.1, 0.15) is 16.1 Å². The van der Waals surface area contributed by atoms with Crippen molar-refractivity contribution in [3.8, 4) is 0 Å². The summed E-state index contributed by atoms with van der Waals surface area (Å²) in [5, 5.41) is 6.89. The number of carbonyl (C=O) groups excluding carboxylic acids is 1. The molecule has 0 saturated carbocycles. The maximum atomic E-state index is 11.8. The molecule has 0 aliphatic rings. The van der Waals surface area contributed by atoms with E-state index < -0.39 is 0 Å². The quantitative estimate of drug-likeness (QED) is 0.778. The zero-order chi connectivity index (χ0) is 12.1. The number of nitrogens with zero attached hydrogens (tertiary/aromatic N) is 2. The summed E-state index contributed by atoms with van der Waals surface area (Å²) in [6, 6.07) is -0.182. The molecule has 6 heteroatoms. The van der Waals surface area contributed by atoms with E-state index in [1.165, 1.54) is 0 Å². The van der Waals surface area contributed by atoms with Crippen molar-refractivity contribution in [1.29, 1.82) is 0 Å². The van der Waals surface area contributed by atoms with E-state index in [1.807, 2.05) is 0 Å². The lowest BCUT2D eigenvalue weighted by atomic mass is 10.2. The molecule has 0 aliphatic heterocycles. The molecule has 1 N–H and O–H groups in total. The Morgan fingerprint density at radius 2 is 2.44 bits per heavy atom. The summed E-state index contributed by atoms with van der Waals surface area (Å²) >= 11 is 5.71. The van der Waals surface area contributed by atoms with Gasteiger partial charge in [0, 0.05) is 26.2 Å². The summed E-state index contributed by atoms with van der Waals surface area (Å²) in [6.45, 7) is 2.19. The van der Waals surface area contributed by atoms with Crippen molar-refractivity contribution >= 4 is 17.5 Å². The van der Waals surface area contributed by atoms with Gasteiger partial charge < -0.3 is 10.1 Å². The lowest BCUT2D eigenvalue weighted by molar-refractivity contribution is 0.0906. The molecule has 0 aliphatic carbocycles.